The molecule has 1 aromatic carbocycles. The molecule has 2 unspecified atom stereocenters. The van der Waals surface area contributed by atoms with Crippen molar-refractivity contribution in [3.05, 3.63) is 39.4 Å². The number of rotatable bonds is 2. The number of nitrogens with zero attached hydrogens (tertiary/aromatic N) is 4. The number of H-pyrrole nitrogens is 1. The summed E-state index contributed by atoms with van der Waals surface area (Å²) in [7, 11) is 0. The van der Waals surface area contributed by atoms with Crippen molar-refractivity contribution in [2.75, 3.05) is 35.2 Å². The van der Waals surface area contributed by atoms with Crippen LogP contribution in [0.4, 0.5) is 26.3 Å². The number of aromatic nitrogens is 3. The lowest BCUT2D eigenvalue weighted by Gasteiger charge is -2.37. The zero-order chi connectivity index (χ0) is 21.3. The van der Waals surface area contributed by atoms with Crippen LogP contribution in [0.3, 0.4) is 0 Å². The van der Waals surface area contributed by atoms with Gasteiger partial charge < -0.3 is 30.3 Å². The van der Waals surface area contributed by atoms with Crippen LogP contribution >= 0.6 is 0 Å². The van der Waals surface area contributed by atoms with Crippen molar-refractivity contribution in [1.29, 1.82) is 0 Å². The Labute approximate surface area is 175 Å². The number of nitrogens with two attached hydrogens (primary N) is 1. The van der Waals surface area contributed by atoms with Gasteiger partial charge in [0.15, 0.2) is 11.4 Å². The average molecular weight is 429 g/mol. The number of hydrogen-bond acceptors (Lipinski definition) is 8. The fraction of sp³-hybridized carbons (Fsp3) is 0.450. The van der Waals surface area contributed by atoms with Crippen molar-refractivity contribution in [1.82, 2.24) is 20.3 Å². The molecule has 3 aromatic rings. The van der Waals surface area contributed by atoms with E-state index in [1.165, 1.54) is 0 Å². The number of anilines is 3. The molecule has 0 saturated carbocycles. The Morgan fingerprint density at radius 1 is 1.16 bits per heavy atom. The molecule has 5 heterocycles. The minimum Gasteiger partial charge on any atom is -0.420 e. The number of piperazine rings is 1. The van der Waals surface area contributed by atoms with Gasteiger partial charge in [-0.15, -0.1) is 0 Å². The van der Waals surface area contributed by atoms with Gasteiger partial charge in [-0.2, -0.15) is 14.4 Å². The molecule has 2 aromatic heterocycles. The summed E-state index contributed by atoms with van der Waals surface area (Å²) >= 11 is 0. The number of nitrogens with one attached hydrogen (secondary N) is 2. The molecular formula is C20H21F2N7O2. The highest BCUT2D eigenvalue weighted by Crippen LogP contribution is 2.36. The highest BCUT2D eigenvalue weighted by Gasteiger charge is 2.35. The number of nitrogen functional groups attached to an aromatic ring is 1. The summed E-state index contributed by atoms with van der Waals surface area (Å²) in [6.45, 7) is 2.49. The molecule has 0 spiro atoms. The highest BCUT2D eigenvalue weighted by molar-refractivity contribution is 5.89. The van der Waals surface area contributed by atoms with Crippen molar-refractivity contribution >= 4 is 28.6 Å². The predicted molar refractivity (Wildman–Crippen MR) is 110 cm³/mol. The molecule has 162 valence electrons. The summed E-state index contributed by atoms with van der Waals surface area (Å²) in [6.07, 6.45) is 2.86. The fourth-order valence-corrected chi connectivity index (χ4v) is 5.14. The maximum absolute atomic E-state index is 14.2. The van der Waals surface area contributed by atoms with Gasteiger partial charge in [0.2, 0.25) is 5.82 Å². The summed E-state index contributed by atoms with van der Waals surface area (Å²) in [5.41, 5.74) is 7.12. The van der Waals surface area contributed by atoms with Crippen LogP contribution in [0.2, 0.25) is 0 Å². The lowest BCUT2D eigenvalue weighted by atomic mass is 10.0. The summed E-state index contributed by atoms with van der Waals surface area (Å²) in [6, 6.07) is 1.71. The topological polar surface area (TPSA) is 116 Å². The quantitative estimate of drug-likeness (QED) is 0.558. The second-order valence-corrected chi connectivity index (χ2v) is 8.46. The van der Waals surface area contributed by atoms with Gasteiger partial charge in [-0.25, -0.2) is 9.18 Å². The Hall–Kier alpha value is -3.21. The largest absolute Gasteiger partial charge is 0.420 e. The maximum atomic E-state index is 14.2. The van der Waals surface area contributed by atoms with E-state index in [4.69, 9.17) is 10.2 Å². The van der Waals surface area contributed by atoms with Gasteiger partial charge in [0.05, 0.1) is 12.2 Å². The molecule has 2 bridgehead atoms. The molecule has 31 heavy (non-hydrogen) atoms. The average Bonchev–Trinajstić information content (AvgIpc) is 3.30. The van der Waals surface area contributed by atoms with Crippen LogP contribution in [0.1, 0.15) is 24.1 Å². The van der Waals surface area contributed by atoms with E-state index in [9.17, 15) is 13.6 Å². The molecule has 0 aliphatic carbocycles. The van der Waals surface area contributed by atoms with Crippen LogP contribution in [0, 0.1) is 11.6 Å². The Balaban J connectivity index is 1.38. The first kappa shape index (κ1) is 18.6. The molecule has 6 rings (SSSR count). The SMILES string of the molecule is Nc1nc2c(N3CCc4c(N5CC6CCC(C5)N6)nc(=O)[nH]c4C3)cc(F)c(F)c2o1. The Morgan fingerprint density at radius 3 is 2.71 bits per heavy atom. The zero-order valence-corrected chi connectivity index (χ0v) is 16.6. The first-order chi connectivity index (χ1) is 15.0. The number of benzene rings is 1. The van der Waals surface area contributed by atoms with Crippen molar-refractivity contribution in [2.24, 2.45) is 0 Å². The molecule has 2 atom stereocenters. The second-order valence-electron chi connectivity index (χ2n) is 8.46. The van der Waals surface area contributed by atoms with Crippen LogP contribution in [-0.2, 0) is 13.0 Å². The van der Waals surface area contributed by atoms with E-state index in [2.05, 4.69) is 25.2 Å². The lowest BCUT2D eigenvalue weighted by molar-refractivity contribution is 0.461. The standard InChI is InChI=1S/C20H21F2N7O2/c21-12-5-14(16-17(15(12)22)31-19(23)26-16)28-4-3-11-13(8-28)25-20(30)27-18(11)29-6-9-1-2-10(7-29)24-9/h5,9-10,24H,1-4,6-8H2,(H2,23,26)(H,25,27,30). The summed E-state index contributed by atoms with van der Waals surface area (Å²) < 4.78 is 33.4. The van der Waals surface area contributed by atoms with E-state index in [1.54, 1.807) is 0 Å². The third-order valence-electron chi connectivity index (χ3n) is 6.50. The predicted octanol–water partition coefficient (Wildman–Crippen LogP) is 1.27. The van der Waals surface area contributed by atoms with Gasteiger partial charge in [0.25, 0.3) is 6.01 Å². The third-order valence-corrected chi connectivity index (χ3v) is 6.50. The Bertz CT molecular complexity index is 1240. The van der Waals surface area contributed by atoms with Crippen LogP contribution in [0.15, 0.2) is 15.3 Å². The molecular weight excluding hydrogens is 408 g/mol. The van der Waals surface area contributed by atoms with E-state index in [0.29, 0.717) is 37.3 Å². The summed E-state index contributed by atoms with van der Waals surface area (Å²) in [5.74, 6) is -1.42. The zero-order valence-electron chi connectivity index (χ0n) is 16.6. The molecule has 9 nitrogen and oxygen atoms in total. The van der Waals surface area contributed by atoms with E-state index < -0.39 is 17.3 Å². The monoisotopic (exact) mass is 429 g/mol. The van der Waals surface area contributed by atoms with Crippen molar-refractivity contribution in [3.63, 3.8) is 0 Å². The van der Waals surface area contributed by atoms with Gasteiger partial charge in [-0.1, -0.05) is 0 Å². The van der Waals surface area contributed by atoms with Crippen molar-refractivity contribution in [2.45, 2.75) is 37.9 Å². The highest BCUT2D eigenvalue weighted by atomic mass is 19.2. The Kier molecular flexibility index (Phi) is 3.98. The normalized spacial score (nSPS) is 22.9. The van der Waals surface area contributed by atoms with Gasteiger partial charge in [0.1, 0.15) is 11.3 Å². The number of halogens is 2. The minimum atomic E-state index is -1.12. The van der Waals surface area contributed by atoms with Crippen molar-refractivity contribution < 1.29 is 13.2 Å². The van der Waals surface area contributed by atoms with E-state index in [0.717, 1.165) is 49.1 Å². The molecule has 3 aliphatic heterocycles. The lowest BCUT2D eigenvalue weighted by Crippen LogP contribution is -2.52. The summed E-state index contributed by atoms with van der Waals surface area (Å²) in [4.78, 5) is 27.6. The molecule has 4 N–H and O–H groups in total. The van der Waals surface area contributed by atoms with E-state index in [1.807, 2.05) is 4.90 Å². The molecule has 2 saturated heterocycles. The van der Waals surface area contributed by atoms with E-state index >= 15 is 0 Å². The minimum absolute atomic E-state index is 0.162. The molecule has 3 aliphatic rings. The number of aromatic amines is 1. The van der Waals surface area contributed by atoms with Gasteiger partial charge in [0, 0.05) is 49.0 Å². The number of hydrogen-bond donors (Lipinski definition) is 3. The van der Waals surface area contributed by atoms with Crippen LogP contribution in [0.5, 0.6) is 0 Å². The van der Waals surface area contributed by atoms with Gasteiger partial charge in [-0.05, 0) is 19.3 Å². The first-order valence-corrected chi connectivity index (χ1v) is 10.4. The van der Waals surface area contributed by atoms with Crippen LogP contribution in [-0.4, -0.2) is 46.7 Å². The van der Waals surface area contributed by atoms with Crippen molar-refractivity contribution in [3.8, 4) is 0 Å². The van der Waals surface area contributed by atoms with Crippen LogP contribution < -0.4 is 26.5 Å². The maximum Gasteiger partial charge on any atom is 0.347 e. The molecule has 0 radical (unpaired) electrons. The molecule has 11 heteroatoms. The van der Waals surface area contributed by atoms with E-state index in [-0.39, 0.29) is 17.1 Å². The molecule has 2 fully saturated rings. The third kappa shape index (κ3) is 2.94. The van der Waals surface area contributed by atoms with Gasteiger partial charge in [-0.3, -0.25) is 0 Å². The van der Waals surface area contributed by atoms with Crippen LogP contribution in [0.25, 0.3) is 11.1 Å². The van der Waals surface area contributed by atoms with Gasteiger partial charge >= 0.3 is 5.69 Å². The summed E-state index contributed by atoms with van der Waals surface area (Å²) in [5, 5.41) is 3.59. The first-order valence-electron chi connectivity index (χ1n) is 10.4. The smallest absolute Gasteiger partial charge is 0.347 e. The molecule has 0 amide bonds. The number of oxazole rings is 1. The number of fused-ring (bicyclic) bond motifs is 4. The second kappa shape index (κ2) is 6.64. The Morgan fingerprint density at radius 2 is 1.94 bits per heavy atom. The fourth-order valence-electron chi connectivity index (χ4n) is 5.14.